The zero-order valence-electron chi connectivity index (χ0n) is 19.6. The van der Waals surface area contributed by atoms with Crippen LogP contribution >= 0.6 is 0 Å². The zero-order chi connectivity index (χ0) is 24.1. The van der Waals surface area contributed by atoms with Gasteiger partial charge in [0.15, 0.2) is 0 Å². The number of morpholine rings is 1. The molecule has 4 rings (SSSR count). The van der Waals surface area contributed by atoms with Crippen molar-refractivity contribution in [2.24, 2.45) is 0 Å². The molecule has 3 heterocycles. The predicted octanol–water partition coefficient (Wildman–Crippen LogP) is 1.61. The van der Waals surface area contributed by atoms with Crippen molar-refractivity contribution in [3.63, 3.8) is 0 Å². The quantitative estimate of drug-likeness (QED) is 0.530. The average molecular weight is 465 g/mol. The molecule has 1 unspecified atom stereocenters. The molecule has 1 amide bonds. The molecule has 1 saturated heterocycles. The Hall–Kier alpha value is -3.86. The van der Waals surface area contributed by atoms with Gasteiger partial charge in [0.25, 0.3) is 5.91 Å². The van der Waals surface area contributed by atoms with Crippen molar-refractivity contribution in [1.82, 2.24) is 40.4 Å². The van der Waals surface area contributed by atoms with Crippen LogP contribution in [0.1, 0.15) is 28.8 Å². The molecule has 0 saturated carbocycles. The molecule has 0 bridgehead atoms. The largest absolute Gasteiger partial charge is 0.497 e. The number of allylic oxidation sites excluding steroid dienone is 1. The Morgan fingerprint density at radius 3 is 2.97 bits per heavy atom. The number of carbonyl (C=O) groups is 1. The van der Waals surface area contributed by atoms with E-state index in [0.717, 1.165) is 30.1 Å². The lowest BCUT2D eigenvalue weighted by Gasteiger charge is -2.34. The Bertz CT molecular complexity index is 1180. The van der Waals surface area contributed by atoms with Gasteiger partial charge in [-0.15, -0.1) is 10.2 Å². The average Bonchev–Trinajstić information content (AvgIpc) is 3.31. The lowest BCUT2D eigenvalue weighted by Crippen LogP contribution is -2.43. The number of rotatable bonds is 8. The number of aromatic nitrogens is 6. The molecule has 1 atom stereocenters. The number of aryl methyl sites for hydroxylation is 1. The van der Waals surface area contributed by atoms with E-state index in [1.807, 2.05) is 31.2 Å². The molecule has 2 aromatic heterocycles. The third kappa shape index (κ3) is 5.73. The van der Waals surface area contributed by atoms with Crippen LogP contribution in [-0.4, -0.2) is 73.9 Å². The van der Waals surface area contributed by atoms with Crippen LogP contribution in [0.25, 0.3) is 11.5 Å². The summed E-state index contributed by atoms with van der Waals surface area (Å²) in [6.45, 7) is 10.7. The fourth-order valence-corrected chi connectivity index (χ4v) is 3.64. The molecular formula is C23H28N8O3. The molecule has 1 N–H and O–H groups in total. The second-order valence-electron chi connectivity index (χ2n) is 8.06. The highest BCUT2D eigenvalue weighted by molar-refractivity contribution is 5.93. The highest BCUT2D eigenvalue weighted by atomic mass is 16.5. The summed E-state index contributed by atoms with van der Waals surface area (Å²) < 4.78 is 11.1. The van der Waals surface area contributed by atoms with E-state index < -0.39 is 0 Å². The molecule has 34 heavy (non-hydrogen) atoms. The van der Waals surface area contributed by atoms with Crippen LogP contribution < -0.4 is 10.1 Å². The number of ether oxygens (including phenoxy) is 2. The van der Waals surface area contributed by atoms with Crippen molar-refractivity contribution in [1.29, 1.82) is 0 Å². The van der Waals surface area contributed by atoms with Gasteiger partial charge in [-0.2, -0.15) is 4.80 Å². The summed E-state index contributed by atoms with van der Waals surface area (Å²) in [5.41, 5.74) is 2.58. The van der Waals surface area contributed by atoms with Crippen molar-refractivity contribution in [3.05, 3.63) is 59.7 Å². The van der Waals surface area contributed by atoms with E-state index in [2.05, 4.69) is 42.2 Å². The van der Waals surface area contributed by atoms with Gasteiger partial charge in [0.1, 0.15) is 23.0 Å². The fourth-order valence-electron chi connectivity index (χ4n) is 3.64. The minimum absolute atomic E-state index is 0.0717. The number of carbonyl (C=O) groups excluding carboxylic acids is 1. The van der Waals surface area contributed by atoms with Crippen molar-refractivity contribution in [2.75, 3.05) is 26.8 Å². The Labute approximate surface area is 197 Å². The summed E-state index contributed by atoms with van der Waals surface area (Å²) >= 11 is 0. The second kappa shape index (κ2) is 10.4. The minimum Gasteiger partial charge on any atom is -0.497 e. The van der Waals surface area contributed by atoms with Gasteiger partial charge in [0, 0.05) is 25.3 Å². The van der Waals surface area contributed by atoms with Gasteiger partial charge in [-0.1, -0.05) is 18.7 Å². The molecule has 0 spiro atoms. The first-order chi connectivity index (χ1) is 16.4. The molecule has 11 nitrogen and oxygen atoms in total. The van der Waals surface area contributed by atoms with E-state index in [-0.39, 0.29) is 17.7 Å². The Morgan fingerprint density at radius 2 is 2.18 bits per heavy atom. The van der Waals surface area contributed by atoms with Crippen LogP contribution in [0.4, 0.5) is 0 Å². The smallest absolute Gasteiger partial charge is 0.270 e. The number of hydrogen-bond donors (Lipinski definition) is 1. The van der Waals surface area contributed by atoms with Crippen molar-refractivity contribution in [2.45, 2.75) is 33.0 Å². The Morgan fingerprint density at radius 1 is 1.32 bits per heavy atom. The number of methoxy groups -OCH3 is 1. The van der Waals surface area contributed by atoms with Gasteiger partial charge in [0.2, 0.25) is 5.82 Å². The molecule has 0 aliphatic carbocycles. The number of nitrogens with zero attached hydrogens (tertiary/aromatic N) is 7. The molecule has 1 aliphatic heterocycles. The first-order valence-electron chi connectivity index (χ1n) is 11.0. The van der Waals surface area contributed by atoms with E-state index in [1.165, 1.54) is 4.80 Å². The van der Waals surface area contributed by atoms with Crippen LogP contribution in [0.5, 0.6) is 5.75 Å². The Kier molecular flexibility index (Phi) is 7.12. The van der Waals surface area contributed by atoms with Crippen LogP contribution in [0.15, 0.2) is 42.6 Å². The first-order valence-corrected chi connectivity index (χ1v) is 11.0. The highest BCUT2D eigenvalue weighted by Gasteiger charge is 2.22. The number of amides is 1. The van der Waals surface area contributed by atoms with E-state index in [9.17, 15) is 4.79 Å². The molecule has 1 aliphatic rings. The topological polar surface area (TPSA) is 120 Å². The van der Waals surface area contributed by atoms with Crippen LogP contribution in [0.2, 0.25) is 0 Å². The van der Waals surface area contributed by atoms with E-state index in [4.69, 9.17) is 9.47 Å². The summed E-state index contributed by atoms with van der Waals surface area (Å²) in [6.07, 6.45) is -0.0717. The number of nitrogens with one attached hydrogen (secondary N) is 1. The van der Waals surface area contributed by atoms with E-state index >= 15 is 0 Å². The number of hydrogen-bond acceptors (Lipinski definition) is 9. The summed E-state index contributed by atoms with van der Waals surface area (Å²) in [4.78, 5) is 25.1. The highest BCUT2D eigenvalue weighted by Crippen LogP contribution is 2.15. The summed E-state index contributed by atoms with van der Waals surface area (Å²) in [6, 6.07) is 9.06. The van der Waals surface area contributed by atoms with Gasteiger partial charge >= 0.3 is 0 Å². The van der Waals surface area contributed by atoms with Crippen LogP contribution in [0, 0.1) is 6.92 Å². The summed E-state index contributed by atoms with van der Waals surface area (Å²) in [7, 11) is 1.60. The Balaban J connectivity index is 1.43. The third-order valence-corrected chi connectivity index (χ3v) is 5.39. The molecule has 178 valence electrons. The fraction of sp³-hybridized carbons (Fsp3) is 0.391. The van der Waals surface area contributed by atoms with Crippen molar-refractivity contribution in [3.8, 4) is 17.3 Å². The molecular weight excluding hydrogens is 436 g/mol. The molecule has 11 heteroatoms. The molecule has 1 aromatic carbocycles. The van der Waals surface area contributed by atoms with Gasteiger partial charge in [-0.05, 0) is 42.8 Å². The van der Waals surface area contributed by atoms with Gasteiger partial charge < -0.3 is 19.7 Å². The van der Waals surface area contributed by atoms with E-state index in [0.29, 0.717) is 37.0 Å². The van der Waals surface area contributed by atoms with Crippen molar-refractivity contribution < 1.29 is 14.3 Å². The molecule has 1 fully saturated rings. The standard InChI is InChI=1S/C23H28N8O3/c1-15(2)30-8-9-34-19(13-30)14-31-28-22(27-29-31)20-11-21(26-16(3)25-20)23(32)24-12-17-6-5-7-18(10-17)33-4/h5-7,10-11,19H,1,8-9,12-14H2,2-4H3,(H,24,32). The maximum atomic E-state index is 12.7. The maximum Gasteiger partial charge on any atom is 0.270 e. The lowest BCUT2D eigenvalue weighted by atomic mass is 10.2. The van der Waals surface area contributed by atoms with E-state index in [1.54, 1.807) is 20.1 Å². The molecule has 3 aromatic rings. The predicted molar refractivity (Wildman–Crippen MR) is 124 cm³/mol. The number of tetrazole rings is 1. The summed E-state index contributed by atoms with van der Waals surface area (Å²) in [5.74, 6) is 1.16. The second-order valence-corrected chi connectivity index (χ2v) is 8.06. The van der Waals surface area contributed by atoms with Gasteiger partial charge in [-0.3, -0.25) is 4.79 Å². The zero-order valence-corrected chi connectivity index (χ0v) is 19.6. The number of benzene rings is 1. The lowest BCUT2D eigenvalue weighted by molar-refractivity contribution is -0.0283. The van der Waals surface area contributed by atoms with Crippen molar-refractivity contribution >= 4 is 5.91 Å². The first kappa shape index (κ1) is 23.3. The van der Waals surface area contributed by atoms with Gasteiger partial charge in [0.05, 0.1) is 26.4 Å². The monoisotopic (exact) mass is 464 g/mol. The van der Waals surface area contributed by atoms with Crippen LogP contribution in [0.3, 0.4) is 0 Å². The third-order valence-electron chi connectivity index (χ3n) is 5.39. The minimum atomic E-state index is -0.322. The summed E-state index contributed by atoms with van der Waals surface area (Å²) in [5, 5.41) is 15.6. The maximum absolute atomic E-state index is 12.7. The SMILES string of the molecule is C=C(C)N1CCOC(Cn2nnc(-c3cc(C(=O)NCc4cccc(OC)c4)nc(C)n3)n2)C1. The normalized spacial score (nSPS) is 15.7. The van der Waals surface area contributed by atoms with Crippen LogP contribution in [-0.2, 0) is 17.8 Å². The molecule has 0 radical (unpaired) electrons. The van der Waals surface area contributed by atoms with Gasteiger partial charge in [-0.25, -0.2) is 9.97 Å².